The van der Waals surface area contributed by atoms with Crippen molar-refractivity contribution in [2.75, 3.05) is 18.4 Å². The largest absolute Gasteiger partial charge is 0.481 e. The van der Waals surface area contributed by atoms with Crippen molar-refractivity contribution in [1.29, 1.82) is 0 Å². The summed E-state index contributed by atoms with van der Waals surface area (Å²) in [6.45, 7) is 1.16. The molecule has 1 aliphatic carbocycles. The molecular weight excluding hydrogens is 346 g/mol. The van der Waals surface area contributed by atoms with Crippen molar-refractivity contribution >= 4 is 23.6 Å². The number of nitrogens with zero attached hydrogens (tertiary/aromatic N) is 1. The Balaban J connectivity index is 1.51. The lowest BCUT2D eigenvalue weighted by Gasteiger charge is -2.30. The zero-order valence-corrected chi connectivity index (χ0v) is 15.4. The van der Waals surface area contributed by atoms with E-state index in [9.17, 15) is 14.4 Å². The fourth-order valence-corrected chi connectivity index (χ4v) is 3.84. The van der Waals surface area contributed by atoms with E-state index in [-0.39, 0.29) is 24.4 Å². The molecule has 1 unspecified atom stereocenters. The Bertz CT molecular complexity index is 700. The molecule has 0 radical (unpaired) electrons. The smallest absolute Gasteiger partial charge is 0.317 e. The van der Waals surface area contributed by atoms with Crippen molar-refractivity contribution in [2.45, 2.75) is 45.1 Å². The molecule has 0 aromatic heterocycles. The second kappa shape index (κ2) is 8.88. The third-order valence-corrected chi connectivity index (χ3v) is 5.42. The highest BCUT2D eigenvalue weighted by atomic mass is 16.4. The molecule has 27 heavy (non-hydrogen) atoms. The van der Waals surface area contributed by atoms with Gasteiger partial charge in [0.1, 0.15) is 0 Å². The van der Waals surface area contributed by atoms with Gasteiger partial charge in [0, 0.05) is 31.2 Å². The molecule has 7 heteroatoms. The Kier molecular flexibility index (Phi) is 6.32. The number of carboxylic acids is 1. The van der Waals surface area contributed by atoms with Crippen LogP contribution >= 0.6 is 0 Å². The van der Waals surface area contributed by atoms with Gasteiger partial charge in [-0.3, -0.25) is 9.59 Å². The van der Waals surface area contributed by atoms with Crippen LogP contribution in [0.25, 0.3) is 0 Å². The first-order valence-corrected chi connectivity index (χ1v) is 9.68. The van der Waals surface area contributed by atoms with Gasteiger partial charge in [0.05, 0.1) is 5.92 Å². The van der Waals surface area contributed by atoms with E-state index in [2.05, 4.69) is 10.6 Å². The van der Waals surface area contributed by atoms with Gasteiger partial charge in [0.15, 0.2) is 0 Å². The summed E-state index contributed by atoms with van der Waals surface area (Å²) in [4.78, 5) is 37.3. The number of rotatable bonds is 5. The van der Waals surface area contributed by atoms with Crippen molar-refractivity contribution in [2.24, 2.45) is 11.8 Å². The van der Waals surface area contributed by atoms with Crippen LogP contribution in [0.3, 0.4) is 0 Å². The van der Waals surface area contributed by atoms with Gasteiger partial charge in [-0.05, 0) is 43.4 Å². The van der Waals surface area contributed by atoms with Gasteiger partial charge in [-0.1, -0.05) is 25.0 Å². The third-order valence-electron chi connectivity index (χ3n) is 5.42. The molecule has 1 aromatic carbocycles. The van der Waals surface area contributed by atoms with Crippen LogP contribution in [0.5, 0.6) is 0 Å². The van der Waals surface area contributed by atoms with E-state index in [4.69, 9.17) is 5.11 Å². The topological polar surface area (TPSA) is 98.7 Å². The van der Waals surface area contributed by atoms with E-state index < -0.39 is 11.9 Å². The molecule has 1 aliphatic heterocycles. The van der Waals surface area contributed by atoms with Crippen LogP contribution in [0, 0.1) is 11.8 Å². The Morgan fingerprint density at radius 1 is 1.07 bits per heavy atom. The lowest BCUT2D eigenvalue weighted by atomic mass is 9.99. The van der Waals surface area contributed by atoms with Gasteiger partial charge >= 0.3 is 12.0 Å². The predicted octanol–water partition coefficient (Wildman–Crippen LogP) is 2.82. The molecule has 1 heterocycles. The minimum atomic E-state index is -0.849. The quantitative estimate of drug-likeness (QED) is 0.739. The van der Waals surface area contributed by atoms with Gasteiger partial charge in [0.2, 0.25) is 5.91 Å². The minimum Gasteiger partial charge on any atom is -0.481 e. The molecule has 1 atom stereocenters. The molecular formula is C20H27N3O4. The van der Waals surface area contributed by atoms with E-state index in [0.29, 0.717) is 25.9 Å². The van der Waals surface area contributed by atoms with Crippen LogP contribution < -0.4 is 10.6 Å². The number of piperidine rings is 1. The zero-order valence-electron chi connectivity index (χ0n) is 15.4. The monoisotopic (exact) mass is 373 g/mol. The van der Waals surface area contributed by atoms with Crippen LogP contribution in [-0.2, 0) is 16.1 Å². The highest BCUT2D eigenvalue weighted by molar-refractivity contribution is 5.92. The van der Waals surface area contributed by atoms with Gasteiger partial charge in [-0.2, -0.15) is 0 Å². The molecule has 2 fully saturated rings. The highest BCUT2D eigenvalue weighted by Crippen LogP contribution is 2.26. The summed E-state index contributed by atoms with van der Waals surface area (Å²) in [5.74, 6) is -1.16. The summed E-state index contributed by atoms with van der Waals surface area (Å²) in [5.41, 5.74) is 1.63. The third kappa shape index (κ3) is 5.21. The lowest BCUT2D eigenvalue weighted by Crippen LogP contribution is -2.46. The summed E-state index contributed by atoms with van der Waals surface area (Å²) < 4.78 is 0. The van der Waals surface area contributed by atoms with E-state index in [0.717, 1.165) is 36.9 Å². The summed E-state index contributed by atoms with van der Waals surface area (Å²) in [5, 5.41) is 14.9. The fraction of sp³-hybridized carbons (Fsp3) is 0.550. The average Bonchev–Trinajstić information content (AvgIpc) is 3.21. The molecule has 3 N–H and O–H groups in total. The number of amides is 3. The molecule has 1 aromatic rings. The molecule has 1 saturated heterocycles. The predicted molar refractivity (Wildman–Crippen MR) is 101 cm³/mol. The number of nitrogens with one attached hydrogen (secondary N) is 2. The van der Waals surface area contributed by atoms with Gasteiger partial charge in [-0.25, -0.2) is 4.79 Å². The van der Waals surface area contributed by atoms with E-state index >= 15 is 0 Å². The number of anilines is 1. The highest BCUT2D eigenvalue weighted by Gasteiger charge is 2.28. The SMILES string of the molecule is O=C(O)C1CCCN(C(=O)NCc2cccc(NC(=O)C3CCCC3)c2)C1. The first kappa shape index (κ1) is 19.2. The Morgan fingerprint density at radius 2 is 1.81 bits per heavy atom. The van der Waals surface area contributed by atoms with Crippen molar-refractivity contribution in [3.63, 3.8) is 0 Å². The van der Waals surface area contributed by atoms with E-state index in [1.54, 1.807) is 4.90 Å². The van der Waals surface area contributed by atoms with Crippen LogP contribution in [0.2, 0.25) is 0 Å². The maximum Gasteiger partial charge on any atom is 0.317 e. The Labute approximate surface area is 159 Å². The standard InChI is InChI=1S/C20H27N3O4/c24-18(15-6-1-2-7-15)22-17-9-3-5-14(11-17)12-21-20(27)23-10-4-8-16(13-23)19(25)26/h3,5,9,11,15-16H,1-2,4,6-8,10,12-13H2,(H,21,27)(H,22,24)(H,25,26). The number of benzene rings is 1. The summed E-state index contributed by atoms with van der Waals surface area (Å²) in [6.07, 6.45) is 5.45. The molecule has 0 bridgehead atoms. The van der Waals surface area contributed by atoms with Crippen LogP contribution in [0.4, 0.5) is 10.5 Å². The molecule has 146 valence electrons. The number of carbonyl (C=O) groups excluding carboxylic acids is 2. The number of carboxylic acid groups (broad SMARTS) is 1. The minimum absolute atomic E-state index is 0.0710. The maximum absolute atomic E-state index is 12.3. The molecule has 0 spiro atoms. The second-order valence-corrected chi connectivity index (χ2v) is 7.45. The van der Waals surface area contributed by atoms with Gasteiger partial charge < -0.3 is 20.6 Å². The molecule has 1 saturated carbocycles. The number of urea groups is 1. The van der Waals surface area contributed by atoms with Crippen LogP contribution in [0.1, 0.15) is 44.1 Å². The number of hydrogen-bond acceptors (Lipinski definition) is 3. The van der Waals surface area contributed by atoms with Crippen molar-refractivity contribution < 1.29 is 19.5 Å². The maximum atomic E-state index is 12.3. The Morgan fingerprint density at radius 3 is 2.56 bits per heavy atom. The fourth-order valence-electron chi connectivity index (χ4n) is 3.84. The first-order valence-electron chi connectivity index (χ1n) is 9.68. The molecule has 7 nitrogen and oxygen atoms in total. The number of likely N-dealkylation sites (tertiary alicyclic amines) is 1. The normalized spacial score (nSPS) is 20.3. The summed E-state index contributed by atoms with van der Waals surface area (Å²) >= 11 is 0. The zero-order chi connectivity index (χ0) is 19.2. The first-order chi connectivity index (χ1) is 13.0. The molecule has 3 rings (SSSR count). The van der Waals surface area contributed by atoms with Crippen molar-refractivity contribution in [3.05, 3.63) is 29.8 Å². The number of hydrogen-bond donors (Lipinski definition) is 3. The second-order valence-electron chi connectivity index (χ2n) is 7.45. The van der Waals surface area contributed by atoms with Gasteiger partial charge in [-0.15, -0.1) is 0 Å². The van der Waals surface area contributed by atoms with Gasteiger partial charge in [0.25, 0.3) is 0 Å². The molecule has 2 aliphatic rings. The van der Waals surface area contributed by atoms with E-state index in [1.165, 1.54) is 0 Å². The summed E-state index contributed by atoms with van der Waals surface area (Å²) in [6, 6.07) is 7.21. The number of carbonyl (C=O) groups is 3. The van der Waals surface area contributed by atoms with Crippen LogP contribution in [0.15, 0.2) is 24.3 Å². The lowest BCUT2D eigenvalue weighted by molar-refractivity contribution is -0.143. The van der Waals surface area contributed by atoms with Crippen LogP contribution in [-0.4, -0.2) is 41.0 Å². The molecule has 3 amide bonds. The number of aliphatic carboxylic acids is 1. The van der Waals surface area contributed by atoms with Crippen molar-refractivity contribution in [1.82, 2.24) is 10.2 Å². The summed E-state index contributed by atoms with van der Waals surface area (Å²) in [7, 11) is 0. The average molecular weight is 373 g/mol. The Hall–Kier alpha value is -2.57. The van der Waals surface area contributed by atoms with E-state index in [1.807, 2.05) is 24.3 Å². The van der Waals surface area contributed by atoms with Crippen molar-refractivity contribution in [3.8, 4) is 0 Å².